The molecule has 0 aromatic heterocycles. The summed E-state index contributed by atoms with van der Waals surface area (Å²) in [4.78, 5) is 0. The lowest BCUT2D eigenvalue weighted by Gasteiger charge is -2.14. The number of hydrogen-bond donors (Lipinski definition) is 2. The maximum Gasteiger partial charge on any atom is 0.416 e. The maximum atomic E-state index is 12.5. The lowest BCUT2D eigenvalue weighted by molar-refractivity contribution is -0.138. The molecule has 0 heterocycles. The molecule has 0 radical (unpaired) electrons. The van der Waals surface area contributed by atoms with E-state index in [9.17, 15) is 13.2 Å². The van der Waals surface area contributed by atoms with Crippen LogP contribution in [0, 0.1) is 0 Å². The first-order valence-corrected chi connectivity index (χ1v) is 4.46. The minimum atomic E-state index is -4.37. The van der Waals surface area contributed by atoms with Crippen molar-refractivity contribution in [2.45, 2.75) is 18.6 Å². The van der Waals surface area contributed by atoms with E-state index in [0.717, 1.165) is 6.07 Å². The van der Waals surface area contributed by atoms with Crippen LogP contribution in [0.1, 0.15) is 11.1 Å². The van der Waals surface area contributed by atoms with Gasteiger partial charge >= 0.3 is 6.18 Å². The highest BCUT2D eigenvalue weighted by Gasteiger charge is 2.32. The Bertz CT molecular complexity index is 325. The summed E-state index contributed by atoms with van der Waals surface area (Å²) in [5, 5.41) is 8.68. The second-order valence-electron chi connectivity index (χ2n) is 3.30. The molecule has 1 atom stereocenters. The number of hydrogen-bond acceptors (Lipinski definition) is 2. The summed E-state index contributed by atoms with van der Waals surface area (Å²) in [6, 6.07) is 4.58. The second kappa shape index (κ2) is 4.63. The zero-order valence-corrected chi connectivity index (χ0v) is 7.96. The molecule has 0 bridgehead atoms. The van der Waals surface area contributed by atoms with Crippen molar-refractivity contribution in [2.24, 2.45) is 5.73 Å². The van der Waals surface area contributed by atoms with Gasteiger partial charge in [-0.25, -0.2) is 0 Å². The van der Waals surface area contributed by atoms with Crippen molar-refractivity contribution >= 4 is 0 Å². The topological polar surface area (TPSA) is 46.2 Å². The van der Waals surface area contributed by atoms with Gasteiger partial charge in [-0.05, 0) is 18.1 Å². The van der Waals surface area contributed by atoms with Crippen LogP contribution in [-0.4, -0.2) is 17.8 Å². The molecule has 0 amide bonds. The Balaban J connectivity index is 2.97. The number of rotatable bonds is 3. The van der Waals surface area contributed by atoms with Crippen molar-refractivity contribution < 1.29 is 18.3 Å². The summed E-state index contributed by atoms with van der Waals surface area (Å²) < 4.78 is 37.5. The Morgan fingerprint density at radius 1 is 1.27 bits per heavy atom. The van der Waals surface area contributed by atoms with E-state index in [2.05, 4.69) is 0 Å². The van der Waals surface area contributed by atoms with Crippen LogP contribution in [-0.2, 0) is 12.6 Å². The fourth-order valence-electron chi connectivity index (χ4n) is 1.32. The average molecular weight is 219 g/mol. The van der Waals surface area contributed by atoms with Crippen molar-refractivity contribution in [1.29, 1.82) is 0 Å². The highest BCUT2D eigenvalue weighted by molar-refractivity contribution is 5.30. The van der Waals surface area contributed by atoms with E-state index in [1.165, 1.54) is 18.2 Å². The smallest absolute Gasteiger partial charge is 0.395 e. The zero-order chi connectivity index (χ0) is 11.5. The van der Waals surface area contributed by atoms with Crippen LogP contribution in [0.25, 0.3) is 0 Å². The Morgan fingerprint density at radius 3 is 2.40 bits per heavy atom. The molecule has 0 aliphatic carbocycles. The summed E-state index contributed by atoms with van der Waals surface area (Å²) in [7, 11) is 0. The molecule has 84 valence electrons. The number of aliphatic hydroxyl groups is 1. The average Bonchev–Trinajstić information content (AvgIpc) is 2.17. The molecule has 1 aromatic carbocycles. The van der Waals surface area contributed by atoms with Crippen LogP contribution in [0.2, 0.25) is 0 Å². The van der Waals surface area contributed by atoms with Crippen LogP contribution in [0.15, 0.2) is 24.3 Å². The van der Waals surface area contributed by atoms with Gasteiger partial charge in [-0.2, -0.15) is 13.2 Å². The third-order valence-electron chi connectivity index (χ3n) is 2.04. The molecule has 0 unspecified atom stereocenters. The van der Waals surface area contributed by atoms with E-state index in [1.807, 2.05) is 0 Å². The molecule has 0 fully saturated rings. The highest BCUT2D eigenvalue weighted by Crippen LogP contribution is 2.32. The normalized spacial score (nSPS) is 13.9. The van der Waals surface area contributed by atoms with Gasteiger partial charge in [0.15, 0.2) is 0 Å². The summed E-state index contributed by atoms with van der Waals surface area (Å²) in [5.74, 6) is 0. The summed E-state index contributed by atoms with van der Waals surface area (Å²) in [5.41, 5.74) is 4.83. The highest BCUT2D eigenvalue weighted by atomic mass is 19.4. The Kier molecular flexibility index (Phi) is 3.71. The summed E-state index contributed by atoms with van der Waals surface area (Å²) in [6.07, 6.45) is -4.35. The van der Waals surface area contributed by atoms with Crippen molar-refractivity contribution in [3.63, 3.8) is 0 Å². The van der Waals surface area contributed by atoms with Crippen molar-refractivity contribution in [2.75, 3.05) is 6.61 Å². The van der Waals surface area contributed by atoms with E-state index in [4.69, 9.17) is 10.8 Å². The SMILES string of the molecule is N[C@@H](CO)Cc1ccccc1C(F)(F)F. The molecule has 0 spiro atoms. The third kappa shape index (κ3) is 3.21. The van der Waals surface area contributed by atoms with Crippen LogP contribution in [0.4, 0.5) is 13.2 Å². The van der Waals surface area contributed by atoms with Gasteiger partial charge in [0, 0.05) is 6.04 Å². The predicted octanol–water partition coefficient (Wildman–Crippen LogP) is 1.57. The molecular formula is C10H12F3NO. The van der Waals surface area contributed by atoms with E-state index in [-0.39, 0.29) is 18.6 Å². The Hall–Kier alpha value is -1.07. The van der Waals surface area contributed by atoms with Gasteiger partial charge in [0.05, 0.1) is 12.2 Å². The van der Waals surface area contributed by atoms with Gasteiger partial charge in [0.25, 0.3) is 0 Å². The fraction of sp³-hybridized carbons (Fsp3) is 0.400. The van der Waals surface area contributed by atoms with E-state index >= 15 is 0 Å². The molecule has 1 rings (SSSR count). The predicted molar refractivity (Wildman–Crippen MR) is 50.2 cm³/mol. The second-order valence-corrected chi connectivity index (χ2v) is 3.30. The number of aliphatic hydroxyl groups excluding tert-OH is 1. The number of nitrogens with two attached hydrogens (primary N) is 1. The molecule has 3 N–H and O–H groups in total. The number of benzene rings is 1. The van der Waals surface area contributed by atoms with Gasteiger partial charge in [0.1, 0.15) is 0 Å². The molecule has 0 aliphatic heterocycles. The standard InChI is InChI=1S/C10H12F3NO/c11-10(12,13)9-4-2-1-3-7(9)5-8(14)6-15/h1-4,8,15H,5-6,14H2/t8-/m1/s1. The molecule has 15 heavy (non-hydrogen) atoms. The van der Waals surface area contributed by atoms with Crippen LogP contribution in [0.5, 0.6) is 0 Å². The molecule has 2 nitrogen and oxygen atoms in total. The number of alkyl halides is 3. The first kappa shape index (κ1) is 12.0. The van der Waals surface area contributed by atoms with Crippen molar-refractivity contribution in [3.8, 4) is 0 Å². The lowest BCUT2D eigenvalue weighted by Crippen LogP contribution is -2.28. The number of halogens is 3. The van der Waals surface area contributed by atoms with Gasteiger partial charge in [-0.3, -0.25) is 0 Å². The molecular weight excluding hydrogens is 207 g/mol. The largest absolute Gasteiger partial charge is 0.416 e. The van der Waals surface area contributed by atoms with Crippen LogP contribution in [0.3, 0.4) is 0 Å². The quantitative estimate of drug-likeness (QED) is 0.810. The van der Waals surface area contributed by atoms with Crippen LogP contribution >= 0.6 is 0 Å². The minimum absolute atomic E-state index is 0.0200. The van der Waals surface area contributed by atoms with Crippen molar-refractivity contribution in [1.82, 2.24) is 0 Å². The van der Waals surface area contributed by atoms with E-state index in [0.29, 0.717) is 0 Å². The van der Waals surface area contributed by atoms with Gasteiger partial charge < -0.3 is 10.8 Å². The third-order valence-corrected chi connectivity index (χ3v) is 2.04. The van der Waals surface area contributed by atoms with Gasteiger partial charge in [-0.15, -0.1) is 0 Å². The monoisotopic (exact) mass is 219 g/mol. The van der Waals surface area contributed by atoms with E-state index < -0.39 is 17.8 Å². The maximum absolute atomic E-state index is 12.5. The van der Waals surface area contributed by atoms with E-state index in [1.54, 1.807) is 0 Å². The molecule has 0 saturated heterocycles. The van der Waals surface area contributed by atoms with Crippen molar-refractivity contribution in [3.05, 3.63) is 35.4 Å². The Labute approximate surface area is 85.5 Å². The fourth-order valence-corrected chi connectivity index (χ4v) is 1.32. The van der Waals surface area contributed by atoms with Gasteiger partial charge in [-0.1, -0.05) is 18.2 Å². The van der Waals surface area contributed by atoms with Crippen LogP contribution < -0.4 is 5.73 Å². The molecule has 0 saturated carbocycles. The first-order chi connectivity index (χ1) is 6.95. The molecule has 5 heteroatoms. The molecule has 1 aromatic rings. The Morgan fingerprint density at radius 2 is 1.87 bits per heavy atom. The summed E-state index contributed by atoms with van der Waals surface area (Å²) in [6.45, 7) is -0.327. The van der Waals surface area contributed by atoms with Gasteiger partial charge in [0.2, 0.25) is 0 Å². The summed E-state index contributed by atoms with van der Waals surface area (Å²) >= 11 is 0. The molecule has 0 aliphatic rings. The minimum Gasteiger partial charge on any atom is -0.395 e. The zero-order valence-electron chi connectivity index (χ0n) is 7.96. The lowest BCUT2D eigenvalue weighted by atomic mass is 10.0. The first-order valence-electron chi connectivity index (χ1n) is 4.46.